The minimum atomic E-state index is -3.43. The Bertz CT molecular complexity index is 1240. The molecule has 1 unspecified atom stereocenters. The lowest BCUT2D eigenvalue weighted by Gasteiger charge is -2.39. The van der Waals surface area contributed by atoms with Crippen LogP contribution in [0.15, 0.2) is 42.5 Å². The first-order valence-electron chi connectivity index (χ1n) is 13.4. The van der Waals surface area contributed by atoms with Gasteiger partial charge in [-0.3, -0.25) is 4.79 Å². The summed E-state index contributed by atoms with van der Waals surface area (Å²) in [4.78, 5) is 13.5. The summed E-state index contributed by atoms with van der Waals surface area (Å²) in [6, 6.07) is 10.5. The molecule has 8 nitrogen and oxygen atoms in total. The topological polar surface area (TPSA) is 114 Å². The van der Waals surface area contributed by atoms with Crippen molar-refractivity contribution in [2.75, 3.05) is 37.9 Å². The maximum atomic E-state index is 15.1. The summed E-state index contributed by atoms with van der Waals surface area (Å²) in [7, 11) is -3.43. The molecule has 4 atom stereocenters. The molecule has 39 heavy (non-hydrogen) atoms. The van der Waals surface area contributed by atoms with Crippen LogP contribution in [0.5, 0.6) is 0 Å². The van der Waals surface area contributed by atoms with E-state index in [1.807, 2.05) is 19.1 Å². The van der Waals surface area contributed by atoms with E-state index in [1.165, 1.54) is 16.6 Å². The summed E-state index contributed by atoms with van der Waals surface area (Å²) in [5, 5.41) is 6.74. The maximum Gasteiger partial charge on any atom is 0.241 e. The van der Waals surface area contributed by atoms with Crippen LogP contribution in [0.4, 0.5) is 10.1 Å². The molecule has 2 aliphatic heterocycles. The molecular formula is C28H38ClFN4O4S. The fourth-order valence-electron chi connectivity index (χ4n) is 5.98. The number of hydrogen-bond acceptors (Lipinski definition) is 6. The first-order valence-corrected chi connectivity index (χ1v) is 15.6. The second-order valence-corrected chi connectivity index (χ2v) is 12.9. The minimum Gasteiger partial charge on any atom is -0.381 e. The van der Waals surface area contributed by atoms with Crippen LogP contribution in [0.25, 0.3) is 0 Å². The van der Waals surface area contributed by atoms with Gasteiger partial charge in [0.1, 0.15) is 5.82 Å². The highest BCUT2D eigenvalue weighted by molar-refractivity contribution is 7.88. The summed E-state index contributed by atoms with van der Waals surface area (Å²) < 4.78 is 47.0. The van der Waals surface area contributed by atoms with Crippen molar-refractivity contribution in [1.29, 1.82) is 0 Å². The van der Waals surface area contributed by atoms with Crippen molar-refractivity contribution < 1.29 is 22.3 Å². The number of ether oxygens (including phenoxy) is 1. The normalized spacial score (nSPS) is 22.8. The Labute approximate surface area is 235 Å². The van der Waals surface area contributed by atoms with E-state index in [-0.39, 0.29) is 30.3 Å². The van der Waals surface area contributed by atoms with Crippen LogP contribution in [-0.4, -0.2) is 69.3 Å². The molecule has 0 aliphatic carbocycles. The fourth-order valence-corrected chi connectivity index (χ4v) is 7.55. The van der Waals surface area contributed by atoms with Crippen molar-refractivity contribution in [2.24, 2.45) is 11.7 Å². The molecule has 0 radical (unpaired) electrons. The van der Waals surface area contributed by atoms with Crippen LogP contribution in [0.3, 0.4) is 0 Å². The number of nitrogens with two attached hydrogens (primary N) is 1. The van der Waals surface area contributed by atoms with Crippen molar-refractivity contribution >= 4 is 33.2 Å². The SMILES string of the molecule is C[C@H]1CNC[C@H](CCc2c(F)cccc2NC(=O)[C@@H](N)C(c2ccc(Cl)cc2)C2CCOCC2)N1S(C)(=O)=O. The zero-order chi connectivity index (χ0) is 28.2. The Balaban J connectivity index is 1.53. The number of anilines is 1. The highest BCUT2D eigenvalue weighted by Crippen LogP contribution is 2.35. The molecule has 11 heteroatoms. The van der Waals surface area contributed by atoms with Gasteiger partial charge >= 0.3 is 0 Å². The number of hydrogen-bond donors (Lipinski definition) is 3. The molecule has 2 aromatic rings. The summed E-state index contributed by atoms with van der Waals surface area (Å²) in [5.74, 6) is -0.974. The van der Waals surface area contributed by atoms with Crippen molar-refractivity contribution in [3.8, 4) is 0 Å². The maximum absolute atomic E-state index is 15.1. The Morgan fingerprint density at radius 3 is 2.56 bits per heavy atom. The van der Waals surface area contributed by atoms with Crippen molar-refractivity contribution in [3.05, 3.63) is 64.4 Å². The number of halogens is 2. The van der Waals surface area contributed by atoms with Crippen molar-refractivity contribution in [2.45, 2.75) is 56.7 Å². The third-order valence-corrected chi connectivity index (χ3v) is 9.50. The van der Waals surface area contributed by atoms with E-state index in [1.54, 1.807) is 24.3 Å². The Hall–Kier alpha value is -2.08. The first-order chi connectivity index (χ1) is 18.6. The van der Waals surface area contributed by atoms with Gasteiger partial charge in [0.25, 0.3) is 0 Å². The van der Waals surface area contributed by atoms with Gasteiger partial charge in [0.15, 0.2) is 0 Å². The van der Waals surface area contributed by atoms with Crippen LogP contribution in [0.2, 0.25) is 5.02 Å². The smallest absolute Gasteiger partial charge is 0.241 e. The van der Waals surface area contributed by atoms with Gasteiger partial charge in [0.2, 0.25) is 15.9 Å². The molecule has 2 heterocycles. The molecule has 4 N–H and O–H groups in total. The molecule has 0 aromatic heterocycles. The predicted molar refractivity (Wildman–Crippen MR) is 152 cm³/mol. The number of nitrogens with zero attached hydrogens (tertiary/aromatic N) is 1. The van der Waals surface area contributed by atoms with Gasteiger partial charge < -0.3 is 21.1 Å². The quantitative estimate of drug-likeness (QED) is 0.418. The van der Waals surface area contributed by atoms with E-state index in [2.05, 4.69) is 10.6 Å². The van der Waals surface area contributed by atoms with Gasteiger partial charge in [-0.15, -0.1) is 0 Å². The van der Waals surface area contributed by atoms with Gasteiger partial charge in [0.05, 0.1) is 12.3 Å². The average Bonchev–Trinajstić information content (AvgIpc) is 2.89. The van der Waals surface area contributed by atoms with E-state index in [0.717, 1.165) is 18.4 Å². The van der Waals surface area contributed by atoms with E-state index >= 15 is 4.39 Å². The molecule has 0 bridgehead atoms. The molecule has 0 saturated carbocycles. The molecular weight excluding hydrogens is 543 g/mol. The number of amides is 1. The molecule has 0 spiro atoms. The first kappa shape index (κ1) is 29.9. The van der Waals surface area contributed by atoms with E-state index in [9.17, 15) is 13.2 Å². The number of benzene rings is 2. The van der Waals surface area contributed by atoms with E-state index < -0.39 is 27.8 Å². The summed E-state index contributed by atoms with van der Waals surface area (Å²) in [6.45, 7) is 4.11. The lowest BCUT2D eigenvalue weighted by Crippen LogP contribution is -2.58. The number of sulfonamides is 1. The van der Waals surface area contributed by atoms with Crippen molar-refractivity contribution in [1.82, 2.24) is 9.62 Å². The van der Waals surface area contributed by atoms with Crippen molar-refractivity contribution in [3.63, 3.8) is 0 Å². The van der Waals surface area contributed by atoms with E-state index in [0.29, 0.717) is 49.0 Å². The number of carbonyl (C=O) groups is 1. The number of carbonyl (C=O) groups excluding carboxylic acids is 1. The third-order valence-electron chi connectivity index (χ3n) is 7.82. The zero-order valence-corrected chi connectivity index (χ0v) is 24.0. The van der Waals surface area contributed by atoms with Gasteiger partial charge in [-0.2, -0.15) is 4.31 Å². The number of piperazine rings is 1. The van der Waals surface area contributed by atoms with Gasteiger partial charge in [-0.25, -0.2) is 12.8 Å². The zero-order valence-electron chi connectivity index (χ0n) is 22.4. The molecule has 2 fully saturated rings. The van der Waals surface area contributed by atoms with Crippen LogP contribution in [0.1, 0.15) is 43.2 Å². The highest BCUT2D eigenvalue weighted by atomic mass is 35.5. The van der Waals surface area contributed by atoms with Crippen LogP contribution in [-0.2, 0) is 26.0 Å². The van der Waals surface area contributed by atoms with Crippen LogP contribution < -0.4 is 16.4 Å². The Morgan fingerprint density at radius 1 is 1.21 bits per heavy atom. The molecule has 1 amide bonds. The lowest BCUT2D eigenvalue weighted by atomic mass is 9.76. The molecule has 2 aromatic carbocycles. The monoisotopic (exact) mass is 580 g/mol. The summed E-state index contributed by atoms with van der Waals surface area (Å²) in [6.07, 6.45) is 3.42. The van der Waals surface area contributed by atoms with Crippen LogP contribution in [0, 0.1) is 11.7 Å². The predicted octanol–water partition coefficient (Wildman–Crippen LogP) is 3.51. The number of nitrogens with one attached hydrogen (secondary N) is 2. The summed E-state index contributed by atoms with van der Waals surface area (Å²) in [5.41, 5.74) is 8.21. The second kappa shape index (κ2) is 13.1. The molecule has 214 valence electrons. The van der Waals surface area contributed by atoms with E-state index in [4.69, 9.17) is 22.1 Å². The molecule has 2 saturated heterocycles. The number of rotatable bonds is 9. The van der Waals surface area contributed by atoms with Gasteiger partial charge in [-0.05, 0) is 68.4 Å². The van der Waals surface area contributed by atoms with Crippen LogP contribution >= 0.6 is 11.6 Å². The highest BCUT2D eigenvalue weighted by Gasteiger charge is 2.36. The average molecular weight is 581 g/mol. The largest absolute Gasteiger partial charge is 0.381 e. The second-order valence-electron chi connectivity index (χ2n) is 10.6. The lowest BCUT2D eigenvalue weighted by molar-refractivity contribution is -0.118. The van der Waals surface area contributed by atoms with Gasteiger partial charge in [-0.1, -0.05) is 29.8 Å². The standard InChI is InChI=1S/C28H38ClFN4O4S/c1-18-16-32-17-22(34(18)39(2,36)37)10-11-23-24(30)4-3-5-25(23)33-28(35)27(31)26(20-12-14-38-15-13-20)19-6-8-21(29)9-7-19/h3-9,18,20,22,26-27,32H,10-17,31H2,1-2H3,(H,33,35)/t18-,22-,26?,27-/m0/s1. The third kappa shape index (κ3) is 7.36. The Kier molecular flexibility index (Phi) is 10.0. The molecule has 2 aliphatic rings. The fraction of sp³-hybridized carbons (Fsp3) is 0.536. The van der Waals surface area contributed by atoms with Gasteiger partial charge in [0, 0.05) is 60.6 Å². The molecule has 4 rings (SSSR count). The summed E-state index contributed by atoms with van der Waals surface area (Å²) >= 11 is 6.11. The Morgan fingerprint density at radius 2 is 1.90 bits per heavy atom. The minimum absolute atomic E-state index is 0.149.